The first-order valence-corrected chi connectivity index (χ1v) is 17.2. The fraction of sp³-hybridized carbons (Fsp3) is 0.405. The maximum atomic E-state index is 13.2. The van der Waals surface area contributed by atoms with Crippen molar-refractivity contribution in [3.8, 4) is 11.5 Å². The van der Waals surface area contributed by atoms with Crippen LogP contribution in [0.5, 0.6) is 11.5 Å². The maximum Gasteiger partial charge on any atom is 0.311 e. The molecule has 10 heteroatoms. The summed E-state index contributed by atoms with van der Waals surface area (Å²) < 4.78 is 47.3. The highest BCUT2D eigenvalue weighted by Gasteiger charge is 2.43. The molecule has 0 aliphatic carbocycles. The van der Waals surface area contributed by atoms with Crippen LogP contribution >= 0.6 is 0 Å². The summed E-state index contributed by atoms with van der Waals surface area (Å²) in [4.78, 5) is 13.2. The topological polar surface area (TPSA) is 111 Å². The quantitative estimate of drug-likeness (QED) is 0.0588. The Bertz CT molecular complexity index is 1530. The van der Waals surface area contributed by atoms with E-state index in [9.17, 15) is 9.90 Å². The zero-order valence-corrected chi connectivity index (χ0v) is 31.2. The van der Waals surface area contributed by atoms with Crippen molar-refractivity contribution < 1.29 is 47.8 Å². The standard InChI is InChI=1S/C42H52O10/c1-41(2,3)40(44)49-26-34(38(50-28-45-4)30-23-24-36(47-6)37(25-30)48-7)39(51-29-46-5)35(43)27-52-42(31-17-11-8-12-18-31,32-19-13-9-14-20-32)33-21-15-10-16-22-33/h8-25,34-35,38-39,43H,26-29H2,1-7H3/t34-,35+,38+,39-/m1/s1. The van der Waals surface area contributed by atoms with E-state index in [1.54, 1.807) is 47.1 Å². The summed E-state index contributed by atoms with van der Waals surface area (Å²) in [6.45, 7) is 4.67. The lowest BCUT2D eigenvalue weighted by Gasteiger charge is -2.39. The highest BCUT2D eigenvalue weighted by molar-refractivity contribution is 5.75. The van der Waals surface area contributed by atoms with Crippen LogP contribution in [-0.2, 0) is 38.8 Å². The molecule has 0 radical (unpaired) electrons. The summed E-state index contributed by atoms with van der Waals surface area (Å²) in [5, 5.41) is 12.3. The number of aliphatic hydroxyl groups is 1. The molecule has 0 aliphatic heterocycles. The molecule has 280 valence electrons. The lowest BCUT2D eigenvalue weighted by molar-refractivity contribution is -0.197. The minimum Gasteiger partial charge on any atom is -0.493 e. The Morgan fingerprint density at radius 2 is 1.15 bits per heavy atom. The average Bonchev–Trinajstić information content (AvgIpc) is 3.17. The molecule has 0 spiro atoms. The average molecular weight is 717 g/mol. The summed E-state index contributed by atoms with van der Waals surface area (Å²) in [6.07, 6.45) is -3.15. The second-order valence-corrected chi connectivity index (χ2v) is 13.3. The molecule has 0 heterocycles. The lowest BCUT2D eigenvalue weighted by atomic mass is 9.80. The fourth-order valence-corrected chi connectivity index (χ4v) is 6.12. The molecule has 0 amide bonds. The van der Waals surface area contributed by atoms with Gasteiger partial charge in [-0.3, -0.25) is 4.79 Å². The first-order chi connectivity index (χ1) is 25.1. The molecule has 0 fully saturated rings. The third-order valence-electron chi connectivity index (χ3n) is 8.70. The Labute approximate surface area is 307 Å². The highest BCUT2D eigenvalue weighted by Crippen LogP contribution is 2.42. The van der Waals surface area contributed by atoms with E-state index in [1.165, 1.54) is 14.2 Å². The van der Waals surface area contributed by atoms with E-state index in [0.29, 0.717) is 17.1 Å². The van der Waals surface area contributed by atoms with E-state index < -0.39 is 41.2 Å². The lowest BCUT2D eigenvalue weighted by Crippen LogP contribution is -2.47. The van der Waals surface area contributed by atoms with Gasteiger partial charge in [-0.25, -0.2) is 0 Å². The zero-order chi connectivity index (χ0) is 37.6. The normalized spacial score (nSPS) is 14.2. The van der Waals surface area contributed by atoms with Crippen molar-refractivity contribution in [3.63, 3.8) is 0 Å². The van der Waals surface area contributed by atoms with E-state index >= 15 is 0 Å². The highest BCUT2D eigenvalue weighted by atomic mass is 16.7. The minimum atomic E-state index is -1.28. The number of hydrogen-bond donors (Lipinski definition) is 1. The van der Waals surface area contributed by atoms with Crippen LogP contribution in [0, 0.1) is 11.3 Å². The molecule has 0 saturated heterocycles. The Morgan fingerprint density at radius 3 is 1.62 bits per heavy atom. The molecule has 1 N–H and O–H groups in total. The minimum absolute atomic E-state index is 0.106. The number of benzene rings is 4. The van der Waals surface area contributed by atoms with Crippen molar-refractivity contribution >= 4 is 5.97 Å². The molecule has 0 aliphatic rings. The summed E-state index contributed by atoms with van der Waals surface area (Å²) in [5.74, 6) is -0.240. The Hall–Kier alpha value is -4.29. The van der Waals surface area contributed by atoms with Crippen LogP contribution in [0.25, 0.3) is 0 Å². The van der Waals surface area contributed by atoms with Crippen molar-refractivity contribution in [2.75, 3.05) is 55.2 Å². The van der Waals surface area contributed by atoms with Gasteiger partial charge in [-0.1, -0.05) is 97.1 Å². The molecular formula is C42H52O10. The number of carbonyl (C=O) groups excluding carboxylic acids is 1. The summed E-state index contributed by atoms with van der Waals surface area (Å²) in [7, 11) is 6.10. The van der Waals surface area contributed by atoms with Crippen LogP contribution in [0.4, 0.5) is 0 Å². The molecule has 10 nitrogen and oxygen atoms in total. The Balaban J connectivity index is 1.83. The van der Waals surface area contributed by atoms with Gasteiger partial charge in [-0.2, -0.15) is 0 Å². The first-order valence-electron chi connectivity index (χ1n) is 17.2. The molecule has 4 atom stereocenters. The van der Waals surface area contributed by atoms with E-state index in [4.69, 9.17) is 37.9 Å². The van der Waals surface area contributed by atoms with Gasteiger partial charge in [-0.05, 0) is 55.2 Å². The number of methoxy groups -OCH3 is 4. The summed E-state index contributed by atoms with van der Waals surface area (Å²) in [6, 6.07) is 35.0. The number of ether oxygens (including phenoxy) is 8. The monoisotopic (exact) mass is 716 g/mol. The van der Waals surface area contributed by atoms with E-state index in [2.05, 4.69) is 0 Å². The Kier molecular flexibility index (Phi) is 15.2. The molecular weight excluding hydrogens is 664 g/mol. The number of hydrogen-bond acceptors (Lipinski definition) is 10. The zero-order valence-electron chi connectivity index (χ0n) is 31.2. The van der Waals surface area contributed by atoms with Crippen molar-refractivity contribution in [1.29, 1.82) is 0 Å². The van der Waals surface area contributed by atoms with Crippen molar-refractivity contribution in [3.05, 3.63) is 131 Å². The third-order valence-corrected chi connectivity index (χ3v) is 8.70. The van der Waals surface area contributed by atoms with Crippen LogP contribution in [-0.4, -0.2) is 78.5 Å². The maximum absolute atomic E-state index is 13.2. The second kappa shape index (κ2) is 19.5. The van der Waals surface area contributed by atoms with Crippen LogP contribution in [0.2, 0.25) is 0 Å². The van der Waals surface area contributed by atoms with Gasteiger partial charge in [0.2, 0.25) is 0 Å². The first kappa shape index (κ1) is 40.5. The van der Waals surface area contributed by atoms with Gasteiger partial charge in [-0.15, -0.1) is 0 Å². The molecule has 0 unspecified atom stereocenters. The Morgan fingerprint density at radius 1 is 0.654 bits per heavy atom. The van der Waals surface area contributed by atoms with Crippen LogP contribution < -0.4 is 9.47 Å². The number of rotatable bonds is 20. The number of carbonyl (C=O) groups is 1. The predicted octanol–water partition coefficient (Wildman–Crippen LogP) is 6.93. The van der Waals surface area contributed by atoms with Crippen molar-refractivity contribution in [1.82, 2.24) is 0 Å². The van der Waals surface area contributed by atoms with Gasteiger partial charge in [0.1, 0.15) is 25.3 Å². The van der Waals surface area contributed by atoms with Gasteiger partial charge in [0, 0.05) is 14.2 Å². The number of aliphatic hydroxyl groups excluding tert-OH is 1. The SMILES string of the molecule is COCO[C@H]([C@H](COC(=O)C(C)(C)C)[C@@H](OCOC)c1ccc(OC)c(OC)c1)[C@@H](O)COC(c1ccccc1)(c1ccccc1)c1ccccc1. The van der Waals surface area contributed by atoms with Gasteiger partial charge in [0.15, 0.2) is 11.5 Å². The van der Waals surface area contributed by atoms with E-state index in [0.717, 1.165) is 16.7 Å². The van der Waals surface area contributed by atoms with Crippen molar-refractivity contribution in [2.45, 2.75) is 44.7 Å². The molecule has 0 saturated carbocycles. The van der Waals surface area contributed by atoms with Gasteiger partial charge >= 0.3 is 5.97 Å². The van der Waals surface area contributed by atoms with E-state index in [1.807, 2.05) is 97.1 Å². The molecule has 4 aromatic rings. The predicted molar refractivity (Wildman–Crippen MR) is 197 cm³/mol. The van der Waals surface area contributed by atoms with Crippen molar-refractivity contribution in [2.24, 2.45) is 11.3 Å². The summed E-state index contributed by atoms with van der Waals surface area (Å²) in [5.41, 5.74) is 1.36. The van der Waals surface area contributed by atoms with Gasteiger partial charge in [0.25, 0.3) is 0 Å². The second-order valence-electron chi connectivity index (χ2n) is 13.3. The molecule has 52 heavy (non-hydrogen) atoms. The molecule has 4 aromatic carbocycles. The molecule has 0 aromatic heterocycles. The molecule has 4 rings (SSSR count). The van der Waals surface area contributed by atoms with Gasteiger partial charge in [0.05, 0.1) is 51.0 Å². The smallest absolute Gasteiger partial charge is 0.311 e. The van der Waals surface area contributed by atoms with Gasteiger partial charge < -0.3 is 43.0 Å². The largest absolute Gasteiger partial charge is 0.493 e. The van der Waals surface area contributed by atoms with Crippen LogP contribution in [0.15, 0.2) is 109 Å². The summed E-state index contributed by atoms with van der Waals surface area (Å²) >= 11 is 0. The van der Waals surface area contributed by atoms with Crippen LogP contribution in [0.3, 0.4) is 0 Å². The third kappa shape index (κ3) is 9.97. The van der Waals surface area contributed by atoms with E-state index in [-0.39, 0.29) is 26.8 Å². The molecule has 0 bridgehead atoms. The fourth-order valence-electron chi connectivity index (χ4n) is 6.12. The number of esters is 1. The van der Waals surface area contributed by atoms with Crippen LogP contribution in [0.1, 0.15) is 49.1 Å².